The van der Waals surface area contributed by atoms with Crippen LogP contribution in [0.1, 0.15) is 30.2 Å². The van der Waals surface area contributed by atoms with Crippen molar-refractivity contribution < 1.29 is 9.90 Å². The molecule has 1 saturated heterocycles. The molecule has 0 spiro atoms. The van der Waals surface area contributed by atoms with Crippen molar-refractivity contribution in [1.29, 1.82) is 0 Å². The Morgan fingerprint density at radius 1 is 1.53 bits per heavy atom. The number of carboxylic acids is 1. The summed E-state index contributed by atoms with van der Waals surface area (Å²) in [7, 11) is 0. The molecule has 3 rings (SSSR count). The van der Waals surface area contributed by atoms with Gasteiger partial charge in [0.1, 0.15) is 10.9 Å². The van der Waals surface area contributed by atoms with Crippen LogP contribution in [0.25, 0.3) is 10.3 Å². The number of nitrogens with zero attached hydrogens (tertiary/aromatic N) is 1. The lowest BCUT2D eigenvalue weighted by atomic mass is 9.97. The second-order valence-corrected chi connectivity index (χ2v) is 5.37. The molecule has 1 aliphatic heterocycles. The average Bonchev–Trinajstić information content (AvgIpc) is 2.89. The molecule has 2 aromatic heterocycles. The number of nitrogens with one attached hydrogen (secondary N) is 2. The van der Waals surface area contributed by atoms with Gasteiger partial charge in [0.25, 0.3) is 0 Å². The van der Waals surface area contributed by atoms with E-state index in [2.05, 4.69) is 21.4 Å². The number of thiophene rings is 1. The highest BCUT2D eigenvalue weighted by Gasteiger charge is 2.27. The number of H-pyrrole nitrogens is 1. The second kappa shape index (κ2) is 4.12. The lowest BCUT2D eigenvalue weighted by molar-refractivity contribution is -0.140. The van der Waals surface area contributed by atoms with Crippen molar-refractivity contribution in [1.82, 2.24) is 15.3 Å². The number of imidazole rings is 1. The number of aromatic nitrogens is 2. The van der Waals surface area contributed by atoms with E-state index in [0.29, 0.717) is 6.42 Å². The summed E-state index contributed by atoms with van der Waals surface area (Å²) in [5, 5.41) is 12.2. The van der Waals surface area contributed by atoms with Crippen LogP contribution in [-0.2, 0) is 4.79 Å². The number of aliphatic carboxylic acids is 1. The summed E-state index contributed by atoms with van der Waals surface area (Å²) in [4.78, 5) is 20.4. The van der Waals surface area contributed by atoms with E-state index in [-0.39, 0.29) is 6.04 Å². The van der Waals surface area contributed by atoms with E-state index < -0.39 is 12.0 Å². The summed E-state index contributed by atoms with van der Waals surface area (Å²) < 4.78 is 0. The third-order valence-electron chi connectivity index (χ3n) is 3.16. The molecule has 0 amide bonds. The van der Waals surface area contributed by atoms with Gasteiger partial charge in [-0.05, 0) is 25.3 Å². The smallest absolute Gasteiger partial charge is 0.320 e. The number of aromatic amines is 1. The van der Waals surface area contributed by atoms with Crippen LogP contribution >= 0.6 is 11.3 Å². The monoisotopic (exact) mass is 251 g/mol. The van der Waals surface area contributed by atoms with Crippen LogP contribution in [0.3, 0.4) is 0 Å². The van der Waals surface area contributed by atoms with Gasteiger partial charge in [-0.1, -0.05) is 0 Å². The van der Waals surface area contributed by atoms with Gasteiger partial charge in [0.2, 0.25) is 0 Å². The Hall–Kier alpha value is -1.40. The average molecular weight is 251 g/mol. The zero-order valence-electron chi connectivity index (χ0n) is 9.14. The zero-order valence-corrected chi connectivity index (χ0v) is 9.96. The first-order valence-corrected chi connectivity index (χ1v) is 6.47. The highest BCUT2D eigenvalue weighted by molar-refractivity contribution is 7.18. The minimum absolute atomic E-state index is 0.150. The Labute approximate surface area is 102 Å². The molecule has 2 unspecified atom stereocenters. The van der Waals surface area contributed by atoms with Crippen molar-refractivity contribution in [3.05, 3.63) is 17.3 Å². The third-order valence-corrected chi connectivity index (χ3v) is 4.32. The normalized spacial score (nSPS) is 25.2. The highest BCUT2D eigenvalue weighted by atomic mass is 32.1. The lowest BCUT2D eigenvalue weighted by Crippen LogP contribution is -2.42. The molecule has 2 atom stereocenters. The number of fused-ring (bicyclic) bond motifs is 1. The topological polar surface area (TPSA) is 78.0 Å². The maximum absolute atomic E-state index is 11.0. The first-order chi connectivity index (χ1) is 8.24. The van der Waals surface area contributed by atoms with E-state index in [1.54, 1.807) is 17.7 Å². The van der Waals surface area contributed by atoms with E-state index in [1.165, 1.54) is 4.88 Å². The van der Waals surface area contributed by atoms with Crippen LogP contribution in [0, 0.1) is 0 Å². The first-order valence-electron chi connectivity index (χ1n) is 5.66. The Morgan fingerprint density at radius 2 is 2.41 bits per heavy atom. The van der Waals surface area contributed by atoms with Crippen LogP contribution in [0.5, 0.6) is 0 Å². The maximum atomic E-state index is 11.0. The van der Waals surface area contributed by atoms with Crippen molar-refractivity contribution in [3.8, 4) is 0 Å². The summed E-state index contributed by atoms with van der Waals surface area (Å²) in [5.74, 6) is -0.755. The summed E-state index contributed by atoms with van der Waals surface area (Å²) >= 11 is 1.63. The molecule has 0 radical (unpaired) electrons. The summed E-state index contributed by atoms with van der Waals surface area (Å²) in [6.07, 6.45) is 4.34. The molecule has 6 heteroatoms. The SMILES string of the molecule is O=C(O)C1CCCC(c2cc3[nH]cnc3s2)N1. The fraction of sp³-hybridized carbons (Fsp3) is 0.455. The van der Waals surface area contributed by atoms with Gasteiger partial charge in [-0.25, -0.2) is 4.98 Å². The highest BCUT2D eigenvalue weighted by Crippen LogP contribution is 2.33. The number of piperidine rings is 1. The Morgan fingerprint density at radius 3 is 3.18 bits per heavy atom. The van der Waals surface area contributed by atoms with Crippen molar-refractivity contribution in [3.63, 3.8) is 0 Å². The summed E-state index contributed by atoms with van der Waals surface area (Å²) in [6.45, 7) is 0. The first kappa shape index (κ1) is 10.7. The van der Waals surface area contributed by atoms with Crippen molar-refractivity contribution in [2.75, 3.05) is 0 Å². The molecule has 2 aromatic rings. The number of hydrogen-bond donors (Lipinski definition) is 3. The van der Waals surface area contributed by atoms with Gasteiger partial charge in [-0.3, -0.25) is 10.1 Å². The molecule has 1 aliphatic rings. The van der Waals surface area contributed by atoms with Gasteiger partial charge >= 0.3 is 5.97 Å². The van der Waals surface area contributed by atoms with Gasteiger partial charge in [0.05, 0.1) is 11.8 Å². The minimum atomic E-state index is -0.755. The quantitative estimate of drug-likeness (QED) is 0.761. The molecular formula is C11H13N3O2S. The molecule has 90 valence electrons. The molecule has 3 N–H and O–H groups in total. The van der Waals surface area contributed by atoms with E-state index in [0.717, 1.165) is 23.2 Å². The number of rotatable bonds is 2. The Bertz CT molecular complexity index is 519. The summed E-state index contributed by atoms with van der Waals surface area (Å²) in [5.41, 5.74) is 1.03. The van der Waals surface area contributed by atoms with Gasteiger partial charge in [-0.2, -0.15) is 0 Å². The van der Waals surface area contributed by atoms with Gasteiger partial charge < -0.3 is 10.1 Å². The molecule has 0 aromatic carbocycles. The van der Waals surface area contributed by atoms with Crippen molar-refractivity contribution >= 4 is 27.7 Å². The minimum Gasteiger partial charge on any atom is -0.480 e. The number of hydrogen-bond acceptors (Lipinski definition) is 4. The molecule has 0 bridgehead atoms. The van der Waals surface area contributed by atoms with Gasteiger partial charge in [0, 0.05) is 10.9 Å². The molecule has 0 saturated carbocycles. The van der Waals surface area contributed by atoms with Gasteiger partial charge in [-0.15, -0.1) is 11.3 Å². The molecular weight excluding hydrogens is 238 g/mol. The number of carboxylic acid groups (broad SMARTS) is 1. The van der Waals surface area contributed by atoms with Crippen LogP contribution in [0.15, 0.2) is 12.4 Å². The predicted molar refractivity (Wildman–Crippen MR) is 65.1 cm³/mol. The Balaban J connectivity index is 1.83. The zero-order chi connectivity index (χ0) is 11.8. The van der Waals surface area contributed by atoms with Gasteiger partial charge in [0.15, 0.2) is 0 Å². The predicted octanol–water partition coefficient (Wildman–Crippen LogP) is 1.89. The Kier molecular flexibility index (Phi) is 2.60. The van der Waals surface area contributed by atoms with E-state index in [9.17, 15) is 4.79 Å². The summed E-state index contributed by atoms with van der Waals surface area (Å²) in [6, 6.07) is 1.80. The molecule has 1 fully saturated rings. The molecule has 3 heterocycles. The standard InChI is InChI=1S/C11H13N3O2S/c15-11(16)7-3-1-2-6(14-7)9-4-8-10(17-9)13-5-12-8/h4-7,14H,1-3H2,(H,12,13)(H,15,16). The second-order valence-electron chi connectivity index (χ2n) is 4.31. The number of carbonyl (C=O) groups is 1. The molecule has 17 heavy (non-hydrogen) atoms. The van der Waals surface area contributed by atoms with Crippen LogP contribution in [0.4, 0.5) is 0 Å². The van der Waals surface area contributed by atoms with E-state index >= 15 is 0 Å². The fourth-order valence-electron chi connectivity index (χ4n) is 2.29. The van der Waals surface area contributed by atoms with Crippen LogP contribution in [0.2, 0.25) is 0 Å². The van der Waals surface area contributed by atoms with E-state index in [4.69, 9.17) is 5.11 Å². The van der Waals surface area contributed by atoms with E-state index in [1.807, 2.05) is 0 Å². The third kappa shape index (κ3) is 1.94. The van der Waals surface area contributed by atoms with Crippen molar-refractivity contribution in [2.45, 2.75) is 31.3 Å². The fourth-order valence-corrected chi connectivity index (χ4v) is 3.35. The largest absolute Gasteiger partial charge is 0.480 e. The molecule has 5 nitrogen and oxygen atoms in total. The molecule has 0 aliphatic carbocycles. The van der Waals surface area contributed by atoms with Crippen LogP contribution < -0.4 is 5.32 Å². The van der Waals surface area contributed by atoms with Crippen LogP contribution in [-0.4, -0.2) is 27.1 Å². The lowest BCUT2D eigenvalue weighted by Gasteiger charge is -2.27. The van der Waals surface area contributed by atoms with Crippen molar-refractivity contribution in [2.24, 2.45) is 0 Å². The maximum Gasteiger partial charge on any atom is 0.320 e.